The Balaban J connectivity index is 2.03. The van der Waals surface area contributed by atoms with Crippen LogP contribution in [0.2, 0.25) is 0 Å². The second kappa shape index (κ2) is 5.10. The van der Waals surface area contributed by atoms with Crippen LogP contribution < -0.4 is 5.32 Å². The van der Waals surface area contributed by atoms with E-state index in [2.05, 4.69) is 62.1 Å². The van der Waals surface area contributed by atoms with Crippen molar-refractivity contribution in [1.29, 1.82) is 0 Å². The van der Waals surface area contributed by atoms with Crippen LogP contribution in [0.5, 0.6) is 0 Å². The van der Waals surface area contributed by atoms with Crippen molar-refractivity contribution in [3.8, 4) is 0 Å². The number of thioether (sulfide) groups is 1. The van der Waals surface area contributed by atoms with Gasteiger partial charge in [0.15, 0.2) is 0 Å². The minimum absolute atomic E-state index is 0.0216. The Hall–Kier alpha value is -0.960. The van der Waals surface area contributed by atoms with E-state index in [1.165, 1.54) is 41.4 Å². The predicted molar refractivity (Wildman–Crippen MR) is 89.9 cm³/mol. The van der Waals surface area contributed by atoms with Crippen LogP contribution in [0.15, 0.2) is 29.3 Å². The number of nitrogens with one attached hydrogen (secondary N) is 1. The molecule has 20 heavy (non-hydrogen) atoms. The molecule has 2 nitrogen and oxygen atoms in total. The average Bonchev–Trinajstić information content (AvgIpc) is 2.39. The van der Waals surface area contributed by atoms with E-state index in [-0.39, 0.29) is 11.0 Å². The molecule has 2 aliphatic rings. The van der Waals surface area contributed by atoms with Crippen molar-refractivity contribution in [2.24, 2.45) is 10.4 Å². The summed E-state index contributed by atoms with van der Waals surface area (Å²) in [5.41, 5.74) is 2.92. The number of rotatable bonds is 0. The van der Waals surface area contributed by atoms with Gasteiger partial charge in [-0.05, 0) is 63.2 Å². The molecule has 3 heteroatoms. The number of fused-ring (bicyclic) bond motifs is 1. The van der Waals surface area contributed by atoms with E-state index in [9.17, 15) is 0 Å². The van der Waals surface area contributed by atoms with E-state index >= 15 is 0 Å². The lowest BCUT2D eigenvalue weighted by Crippen LogP contribution is -2.45. The molecule has 1 saturated heterocycles. The average molecular weight is 288 g/mol. The summed E-state index contributed by atoms with van der Waals surface area (Å²) in [6.45, 7) is 6.56. The molecule has 0 radical (unpaired) electrons. The molecule has 1 aromatic carbocycles. The topological polar surface area (TPSA) is 24.4 Å². The highest BCUT2D eigenvalue weighted by Crippen LogP contribution is 2.44. The van der Waals surface area contributed by atoms with E-state index in [4.69, 9.17) is 4.99 Å². The van der Waals surface area contributed by atoms with Crippen LogP contribution in [-0.2, 0) is 6.42 Å². The second-order valence-electron chi connectivity index (χ2n) is 6.98. The van der Waals surface area contributed by atoms with Gasteiger partial charge in [0.25, 0.3) is 0 Å². The summed E-state index contributed by atoms with van der Waals surface area (Å²) in [5, 5.41) is 3.65. The van der Waals surface area contributed by atoms with Crippen molar-refractivity contribution >= 4 is 23.3 Å². The van der Waals surface area contributed by atoms with Gasteiger partial charge in [-0.1, -0.05) is 18.2 Å². The van der Waals surface area contributed by atoms with Crippen molar-refractivity contribution in [2.75, 3.05) is 16.8 Å². The van der Waals surface area contributed by atoms with Gasteiger partial charge in [-0.3, -0.25) is 4.99 Å². The maximum Gasteiger partial charge on any atom is 0.108 e. The monoisotopic (exact) mass is 288 g/mol. The second-order valence-corrected chi connectivity index (χ2v) is 8.21. The summed E-state index contributed by atoms with van der Waals surface area (Å²) >= 11 is 2.08. The molecule has 0 saturated carbocycles. The molecule has 0 atom stereocenters. The molecule has 1 aromatic rings. The van der Waals surface area contributed by atoms with Gasteiger partial charge in [-0.25, -0.2) is 0 Å². The van der Waals surface area contributed by atoms with Crippen LogP contribution >= 0.6 is 11.8 Å². The first kappa shape index (κ1) is 14.0. The highest BCUT2D eigenvalue weighted by atomic mass is 32.2. The van der Waals surface area contributed by atoms with E-state index < -0.39 is 0 Å². The fraction of sp³-hybridized carbons (Fsp3) is 0.588. The lowest BCUT2D eigenvalue weighted by Gasteiger charge is -2.43. The molecule has 0 bridgehead atoms. The molecule has 2 heterocycles. The maximum atomic E-state index is 5.04. The number of anilines is 1. The first-order valence-corrected chi connectivity index (χ1v) is 8.67. The van der Waals surface area contributed by atoms with Gasteiger partial charge in [0.05, 0.1) is 5.54 Å². The standard InChI is InChI=1S/C17H24N2S/c1-16(2,3)19-15-17(8-10-20-11-9-17)12-13-6-4-5-7-14(13)18-15/h4-7H,8-12H2,1-3H3,(H,18,19). The van der Waals surface area contributed by atoms with Crippen LogP contribution in [0.3, 0.4) is 0 Å². The molecule has 108 valence electrons. The highest BCUT2D eigenvalue weighted by molar-refractivity contribution is 7.99. The zero-order valence-electron chi connectivity index (χ0n) is 12.7. The van der Waals surface area contributed by atoms with Crippen LogP contribution in [-0.4, -0.2) is 22.9 Å². The third-order valence-electron chi connectivity index (χ3n) is 4.20. The SMILES string of the molecule is CC(C)(C)N=C1Nc2ccccc2CC12CCSCC2. The summed E-state index contributed by atoms with van der Waals surface area (Å²) in [6.07, 6.45) is 3.63. The molecule has 0 aliphatic carbocycles. The molecule has 2 aliphatic heterocycles. The normalized spacial score (nSPS) is 23.4. The van der Waals surface area contributed by atoms with Gasteiger partial charge >= 0.3 is 0 Å². The third kappa shape index (κ3) is 2.73. The zero-order valence-corrected chi connectivity index (χ0v) is 13.5. The number of para-hydroxylation sites is 1. The van der Waals surface area contributed by atoms with Crippen molar-refractivity contribution < 1.29 is 0 Å². The fourth-order valence-corrected chi connectivity index (χ4v) is 4.44. The fourth-order valence-electron chi connectivity index (χ4n) is 3.16. The number of amidine groups is 1. The zero-order chi connectivity index (χ0) is 14.2. The number of hydrogen-bond donors (Lipinski definition) is 1. The molecule has 0 amide bonds. The predicted octanol–water partition coefficient (Wildman–Crippen LogP) is 4.37. The number of nitrogens with zero attached hydrogens (tertiary/aromatic N) is 1. The first-order chi connectivity index (χ1) is 9.49. The minimum atomic E-state index is -0.0216. The Morgan fingerprint density at radius 3 is 2.55 bits per heavy atom. The Morgan fingerprint density at radius 1 is 1.15 bits per heavy atom. The third-order valence-corrected chi connectivity index (χ3v) is 5.18. The van der Waals surface area contributed by atoms with Crippen molar-refractivity contribution in [1.82, 2.24) is 0 Å². The summed E-state index contributed by atoms with van der Waals surface area (Å²) in [6, 6.07) is 8.70. The van der Waals surface area contributed by atoms with E-state index in [0.717, 1.165) is 6.42 Å². The van der Waals surface area contributed by atoms with Crippen molar-refractivity contribution in [2.45, 2.75) is 45.6 Å². The maximum absolute atomic E-state index is 5.04. The van der Waals surface area contributed by atoms with Crippen LogP contribution in [0, 0.1) is 5.41 Å². The molecule has 0 aromatic heterocycles. The molecule has 0 unspecified atom stereocenters. The van der Waals surface area contributed by atoms with Crippen molar-refractivity contribution in [3.63, 3.8) is 0 Å². The molecule has 1 N–H and O–H groups in total. The van der Waals surface area contributed by atoms with Gasteiger partial charge < -0.3 is 5.32 Å². The van der Waals surface area contributed by atoms with E-state index in [1.807, 2.05) is 0 Å². The minimum Gasteiger partial charge on any atom is -0.343 e. The summed E-state index contributed by atoms with van der Waals surface area (Å²) in [5.74, 6) is 3.74. The summed E-state index contributed by atoms with van der Waals surface area (Å²) in [7, 11) is 0. The molecular weight excluding hydrogens is 264 g/mol. The van der Waals surface area contributed by atoms with E-state index in [0.29, 0.717) is 0 Å². The van der Waals surface area contributed by atoms with Crippen LogP contribution in [0.1, 0.15) is 39.2 Å². The van der Waals surface area contributed by atoms with Crippen LogP contribution in [0.4, 0.5) is 5.69 Å². The molecule has 1 spiro atoms. The lowest BCUT2D eigenvalue weighted by molar-refractivity contribution is 0.372. The molecular formula is C17H24N2S. The Labute approximate surface area is 126 Å². The summed E-state index contributed by atoms with van der Waals surface area (Å²) in [4.78, 5) is 5.04. The first-order valence-electron chi connectivity index (χ1n) is 7.52. The Kier molecular flexibility index (Phi) is 3.57. The van der Waals surface area contributed by atoms with Crippen molar-refractivity contribution in [3.05, 3.63) is 29.8 Å². The van der Waals surface area contributed by atoms with Gasteiger partial charge in [-0.15, -0.1) is 0 Å². The number of benzene rings is 1. The lowest BCUT2D eigenvalue weighted by atomic mass is 9.72. The summed E-state index contributed by atoms with van der Waals surface area (Å²) < 4.78 is 0. The van der Waals surface area contributed by atoms with Gasteiger partial charge in [0.1, 0.15) is 5.84 Å². The smallest absolute Gasteiger partial charge is 0.108 e. The van der Waals surface area contributed by atoms with Gasteiger partial charge in [-0.2, -0.15) is 11.8 Å². The number of aliphatic imine (C=N–C) groups is 1. The van der Waals surface area contributed by atoms with Gasteiger partial charge in [0.2, 0.25) is 0 Å². The highest BCUT2D eigenvalue weighted by Gasteiger charge is 2.41. The van der Waals surface area contributed by atoms with E-state index in [1.54, 1.807) is 0 Å². The molecule has 3 rings (SSSR count). The Bertz CT molecular complexity index is 522. The van der Waals surface area contributed by atoms with Gasteiger partial charge in [0, 0.05) is 11.1 Å². The number of hydrogen-bond acceptors (Lipinski definition) is 2. The molecule has 1 fully saturated rings. The quantitative estimate of drug-likeness (QED) is 0.767. The largest absolute Gasteiger partial charge is 0.343 e. The Morgan fingerprint density at radius 2 is 1.85 bits per heavy atom. The van der Waals surface area contributed by atoms with Crippen LogP contribution in [0.25, 0.3) is 0 Å².